The van der Waals surface area contributed by atoms with Gasteiger partial charge in [-0.2, -0.15) is 0 Å². The van der Waals surface area contributed by atoms with Gasteiger partial charge in [-0.15, -0.1) is 0 Å². The second-order valence-corrected chi connectivity index (χ2v) is 6.70. The SMILES string of the molecule is COc1ccc(C)cc1NC(=O)C1CC1C(=O)Nc1ccc(OC)c(OC)c1. The number of anilines is 2. The summed E-state index contributed by atoms with van der Waals surface area (Å²) in [6.45, 7) is 1.94. The first-order valence-corrected chi connectivity index (χ1v) is 8.95. The molecule has 7 heteroatoms. The van der Waals surface area contributed by atoms with Crippen LogP contribution >= 0.6 is 0 Å². The summed E-state index contributed by atoms with van der Waals surface area (Å²) in [6, 6.07) is 10.7. The molecule has 2 atom stereocenters. The largest absolute Gasteiger partial charge is 0.495 e. The lowest BCUT2D eigenvalue weighted by Crippen LogP contribution is -2.20. The molecule has 0 saturated heterocycles. The van der Waals surface area contributed by atoms with Gasteiger partial charge in [0.1, 0.15) is 5.75 Å². The third-order valence-corrected chi connectivity index (χ3v) is 4.73. The van der Waals surface area contributed by atoms with Gasteiger partial charge in [0, 0.05) is 11.8 Å². The van der Waals surface area contributed by atoms with Crippen LogP contribution in [-0.2, 0) is 9.59 Å². The van der Waals surface area contributed by atoms with E-state index in [0.29, 0.717) is 35.0 Å². The van der Waals surface area contributed by atoms with Gasteiger partial charge in [-0.05, 0) is 43.2 Å². The van der Waals surface area contributed by atoms with Crippen molar-refractivity contribution in [2.75, 3.05) is 32.0 Å². The maximum Gasteiger partial charge on any atom is 0.228 e. The molecule has 2 aromatic rings. The molecule has 28 heavy (non-hydrogen) atoms. The molecule has 7 nitrogen and oxygen atoms in total. The normalized spacial score (nSPS) is 17.4. The highest BCUT2D eigenvalue weighted by molar-refractivity contribution is 6.03. The minimum Gasteiger partial charge on any atom is -0.495 e. The van der Waals surface area contributed by atoms with Crippen molar-refractivity contribution in [3.8, 4) is 17.2 Å². The molecule has 0 aliphatic heterocycles. The van der Waals surface area contributed by atoms with Crippen LogP contribution in [0.3, 0.4) is 0 Å². The van der Waals surface area contributed by atoms with E-state index in [9.17, 15) is 9.59 Å². The lowest BCUT2D eigenvalue weighted by atomic mass is 10.2. The number of amides is 2. The fourth-order valence-electron chi connectivity index (χ4n) is 3.07. The Morgan fingerprint density at radius 3 is 2.07 bits per heavy atom. The summed E-state index contributed by atoms with van der Waals surface area (Å²) in [5.74, 6) is 0.605. The number of ether oxygens (including phenoxy) is 3. The van der Waals surface area contributed by atoms with E-state index in [1.165, 1.54) is 7.11 Å². The molecule has 148 valence electrons. The lowest BCUT2D eigenvalue weighted by molar-refractivity contribution is -0.122. The summed E-state index contributed by atoms with van der Waals surface area (Å²) in [6.07, 6.45) is 0.513. The molecule has 1 aliphatic carbocycles. The summed E-state index contributed by atoms with van der Waals surface area (Å²) in [7, 11) is 4.63. The Morgan fingerprint density at radius 2 is 1.43 bits per heavy atom. The van der Waals surface area contributed by atoms with Gasteiger partial charge < -0.3 is 24.8 Å². The Balaban J connectivity index is 1.61. The van der Waals surface area contributed by atoms with Crippen molar-refractivity contribution in [3.05, 3.63) is 42.0 Å². The molecule has 0 spiro atoms. The summed E-state index contributed by atoms with van der Waals surface area (Å²) in [5, 5.41) is 5.70. The molecule has 2 amide bonds. The van der Waals surface area contributed by atoms with Crippen molar-refractivity contribution in [1.82, 2.24) is 0 Å². The maximum absolute atomic E-state index is 12.5. The van der Waals surface area contributed by atoms with Crippen LogP contribution in [-0.4, -0.2) is 33.1 Å². The fraction of sp³-hybridized carbons (Fsp3) is 0.333. The van der Waals surface area contributed by atoms with Gasteiger partial charge in [0.25, 0.3) is 0 Å². The number of aryl methyl sites for hydroxylation is 1. The van der Waals surface area contributed by atoms with E-state index in [-0.39, 0.29) is 23.7 Å². The van der Waals surface area contributed by atoms with E-state index < -0.39 is 0 Å². The van der Waals surface area contributed by atoms with Crippen LogP contribution in [0.25, 0.3) is 0 Å². The van der Waals surface area contributed by atoms with E-state index in [1.54, 1.807) is 38.5 Å². The van der Waals surface area contributed by atoms with Gasteiger partial charge in [0.05, 0.1) is 38.9 Å². The van der Waals surface area contributed by atoms with Crippen LogP contribution in [0.1, 0.15) is 12.0 Å². The maximum atomic E-state index is 12.5. The quantitative estimate of drug-likeness (QED) is 0.765. The van der Waals surface area contributed by atoms with Crippen molar-refractivity contribution in [2.24, 2.45) is 11.8 Å². The van der Waals surface area contributed by atoms with Gasteiger partial charge in [-0.25, -0.2) is 0 Å². The number of nitrogens with one attached hydrogen (secondary N) is 2. The highest BCUT2D eigenvalue weighted by atomic mass is 16.5. The molecule has 0 heterocycles. The van der Waals surface area contributed by atoms with Crippen LogP contribution in [0.4, 0.5) is 11.4 Å². The third kappa shape index (κ3) is 4.19. The number of carbonyl (C=O) groups excluding carboxylic acids is 2. The Hall–Kier alpha value is -3.22. The van der Waals surface area contributed by atoms with Crippen molar-refractivity contribution < 1.29 is 23.8 Å². The molecule has 1 saturated carbocycles. The van der Waals surface area contributed by atoms with Gasteiger partial charge >= 0.3 is 0 Å². The molecule has 1 aliphatic rings. The average Bonchev–Trinajstić information content (AvgIpc) is 3.49. The summed E-state index contributed by atoms with van der Waals surface area (Å²) in [4.78, 5) is 25.0. The zero-order valence-electron chi connectivity index (χ0n) is 16.4. The monoisotopic (exact) mass is 384 g/mol. The Labute approximate surface area is 164 Å². The van der Waals surface area contributed by atoms with Crippen LogP contribution in [0, 0.1) is 18.8 Å². The van der Waals surface area contributed by atoms with E-state index >= 15 is 0 Å². The summed E-state index contributed by atoms with van der Waals surface area (Å²) < 4.78 is 15.7. The lowest BCUT2D eigenvalue weighted by Gasteiger charge is -2.12. The van der Waals surface area contributed by atoms with Crippen LogP contribution in [0.5, 0.6) is 17.2 Å². The average molecular weight is 384 g/mol. The molecule has 1 fully saturated rings. The van der Waals surface area contributed by atoms with Gasteiger partial charge in [0.2, 0.25) is 11.8 Å². The molecular formula is C21H24N2O5. The Bertz CT molecular complexity index is 896. The molecule has 2 aromatic carbocycles. The first-order chi connectivity index (χ1) is 13.5. The standard InChI is InChI=1S/C21H24N2O5/c1-12-5-7-17(26-2)16(9-12)23-21(25)15-11-14(15)20(24)22-13-6-8-18(27-3)19(10-13)28-4/h5-10,14-15H,11H2,1-4H3,(H,22,24)(H,23,25). The predicted octanol–water partition coefficient (Wildman–Crippen LogP) is 3.23. The number of carbonyl (C=O) groups is 2. The number of hydrogen-bond donors (Lipinski definition) is 2. The smallest absolute Gasteiger partial charge is 0.228 e. The molecular weight excluding hydrogens is 360 g/mol. The Kier molecular flexibility index (Phi) is 5.73. The molecule has 0 radical (unpaired) electrons. The van der Waals surface area contributed by atoms with Gasteiger partial charge in [-0.1, -0.05) is 6.07 Å². The van der Waals surface area contributed by atoms with Gasteiger partial charge in [-0.3, -0.25) is 9.59 Å². The highest BCUT2D eigenvalue weighted by Crippen LogP contribution is 2.41. The van der Waals surface area contributed by atoms with Crippen LogP contribution < -0.4 is 24.8 Å². The van der Waals surface area contributed by atoms with E-state index in [4.69, 9.17) is 14.2 Å². The van der Waals surface area contributed by atoms with Gasteiger partial charge in [0.15, 0.2) is 11.5 Å². The van der Waals surface area contributed by atoms with E-state index in [2.05, 4.69) is 10.6 Å². The van der Waals surface area contributed by atoms with E-state index in [0.717, 1.165) is 5.56 Å². The molecule has 2 unspecified atom stereocenters. The Morgan fingerprint density at radius 1 is 0.821 bits per heavy atom. The number of methoxy groups -OCH3 is 3. The van der Waals surface area contributed by atoms with Crippen molar-refractivity contribution in [2.45, 2.75) is 13.3 Å². The zero-order chi connectivity index (χ0) is 20.3. The number of hydrogen-bond acceptors (Lipinski definition) is 5. The first-order valence-electron chi connectivity index (χ1n) is 8.95. The second kappa shape index (κ2) is 8.21. The second-order valence-electron chi connectivity index (χ2n) is 6.70. The van der Waals surface area contributed by atoms with Crippen molar-refractivity contribution in [1.29, 1.82) is 0 Å². The van der Waals surface area contributed by atoms with Crippen LogP contribution in [0.15, 0.2) is 36.4 Å². The topological polar surface area (TPSA) is 85.9 Å². The predicted molar refractivity (Wildman–Crippen MR) is 106 cm³/mol. The molecule has 0 bridgehead atoms. The first kappa shape index (κ1) is 19.5. The minimum absolute atomic E-state index is 0.184. The van der Waals surface area contributed by atoms with Crippen molar-refractivity contribution in [3.63, 3.8) is 0 Å². The zero-order valence-corrected chi connectivity index (χ0v) is 16.4. The third-order valence-electron chi connectivity index (χ3n) is 4.73. The van der Waals surface area contributed by atoms with Crippen molar-refractivity contribution >= 4 is 23.2 Å². The number of rotatable bonds is 7. The molecule has 3 rings (SSSR count). The fourth-order valence-corrected chi connectivity index (χ4v) is 3.07. The minimum atomic E-state index is -0.357. The number of benzene rings is 2. The molecule has 2 N–H and O–H groups in total. The molecule has 0 aromatic heterocycles. The summed E-state index contributed by atoms with van der Waals surface area (Å²) in [5.41, 5.74) is 2.21. The van der Waals surface area contributed by atoms with E-state index in [1.807, 2.05) is 19.1 Å². The highest BCUT2D eigenvalue weighted by Gasteiger charge is 2.48. The summed E-state index contributed by atoms with van der Waals surface area (Å²) >= 11 is 0. The van der Waals surface area contributed by atoms with Crippen LogP contribution in [0.2, 0.25) is 0 Å².